The summed E-state index contributed by atoms with van der Waals surface area (Å²) in [5.41, 5.74) is 25.2. The number of benzene rings is 8. The van der Waals surface area contributed by atoms with Gasteiger partial charge in [0.25, 0.3) is 6.71 Å². The van der Waals surface area contributed by atoms with Crippen molar-refractivity contribution in [2.75, 3.05) is 9.80 Å². The topological polar surface area (TPSA) is 11.4 Å². The molecule has 0 atom stereocenters. The average molecular weight is 970 g/mol. The van der Waals surface area contributed by atoms with Gasteiger partial charge in [-0.15, -0.1) is 11.3 Å². The Labute approximate surface area is 438 Å². The first-order chi connectivity index (χ1) is 34.6. The van der Waals surface area contributed by atoms with Crippen molar-refractivity contribution in [2.24, 2.45) is 0 Å². The number of hydrogen-bond acceptors (Lipinski definition) is 3. The van der Waals surface area contributed by atoms with E-state index in [-0.39, 0.29) is 28.4 Å². The van der Waals surface area contributed by atoms with Crippen LogP contribution in [0.4, 0.5) is 34.1 Å². The highest BCUT2D eigenvalue weighted by Gasteiger charge is 2.44. The lowest BCUT2D eigenvalue weighted by atomic mass is 9.33. The van der Waals surface area contributed by atoms with E-state index < -0.39 is 0 Å². The highest BCUT2D eigenvalue weighted by Crippen LogP contribution is 2.51. The molecule has 0 N–H and O–H groups in total. The number of thiophene rings is 1. The molecule has 0 saturated carbocycles. The molecule has 3 nitrogen and oxygen atoms in total. The van der Waals surface area contributed by atoms with Gasteiger partial charge in [0, 0.05) is 55.2 Å². The Balaban J connectivity index is 1.22. The molecule has 0 bridgehead atoms. The van der Waals surface area contributed by atoms with Crippen LogP contribution >= 0.6 is 11.3 Å². The smallest absolute Gasteiger partial charge is 0.252 e. The molecular formula is C68H68BN3S. The van der Waals surface area contributed by atoms with Gasteiger partial charge in [-0.05, 0) is 145 Å². The molecule has 0 saturated heterocycles. The number of nitrogens with zero attached hydrogens (tertiary/aromatic N) is 3. The molecule has 0 radical (unpaired) electrons. The molecule has 8 aromatic carbocycles. The molecule has 0 aliphatic carbocycles. The Morgan fingerprint density at radius 2 is 1.01 bits per heavy atom. The normalized spacial score (nSPS) is 13.6. The largest absolute Gasteiger partial charge is 0.311 e. The molecule has 4 heterocycles. The van der Waals surface area contributed by atoms with Gasteiger partial charge in [0.05, 0.1) is 21.4 Å². The van der Waals surface area contributed by atoms with Crippen LogP contribution in [0, 0.1) is 13.8 Å². The fraction of sp³-hybridized carbons (Fsp3) is 0.265. The van der Waals surface area contributed by atoms with Gasteiger partial charge < -0.3 is 14.4 Å². The van der Waals surface area contributed by atoms with E-state index in [9.17, 15) is 0 Å². The van der Waals surface area contributed by atoms with Crippen molar-refractivity contribution in [3.05, 3.63) is 191 Å². The maximum atomic E-state index is 2.67. The molecule has 12 rings (SSSR count). The van der Waals surface area contributed by atoms with Crippen molar-refractivity contribution in [3.63, 3.8) is 0 Å². The molecule has 2 aliphatic heterocycles. The monoisotopic (exact) mass is 970 g/mol. The standard InChI is InChI=1S/C68H68BN3S/c1-41-35-44(65(3,4)5)27-32-54(41)70(55-33-28-45(36-42(55)2)66(6,7)8)48-30-31-52-57(40-48)71(56-34-29-46(67(9,10)11)37-51(56)43-21-16-15-17-22-43)58-38-47(68(12,13)14)39-59-61(58)69(52)53-25-20-24-50-62(53)72(59)63-49-23-18-19-26-60(49)73-64(50)63/h15-40H,1-14H3. The summed E-state index contributed by atoms with van der Waals surface area (Å²) in [5.74, 6) is 0. The minimum Gasteiger partial charge on any atom is -0.311 e. The fourth-order valence-electron chi connectivity index (χ4n) is 11.9. The van der Waals surface area contributed by atoms with Gasteiger partial charge in [0.15, 0.2) is 0 Å². The summed E-state index contributed by atoms with van der Waals surface area (Å²) in [6, 6.07) is 61.3. The predicted octanol–water partition coefficient (Wildman–Crippen LogP) is 17.6. The summed E-state index contributed by atoms with van der Waals surface area (Å²) in [4.78, 5) is 5.21. The van der Waals surface area contributed by atoms with Crippen LogP contribution in [-0.4, -0.2) is 11.3 Å². The first-order valence-electron chi connectivity index (χ1n) is 26.4. The Morgan fingerprint density at radius 1 is 0.438 bits per heavy atom. The van der Waals surface area contributed by atoms with Crippen molar-refractivity contribution in [3.8, 4) is 16.8 Å². The quantitative estimate of drug-likeness (QED) is 0.159. The molecule has 2 aromatic heterocycles. The minimum absolute atomic E-state index is 0.00567. The van der Waals surface area contributed by atoms with Crippen molar-refractivity contribution < 1.29 is 0 Å². The third-order valence-electron chi connectivity index (χ3n) is 16.0. The second-order valence-corrected chi connectivity index (χ2v) is 26.3. The third kappa shape index (κ3) is 7.51. The molecule has 5 heteroatoms. The second-order valence-electron chi connectivity index (χ2n) is 25.2. The number of hydrogen-bond donors (Lipinski definition) is 0. The SMILES string of the molecule is Cc1cc(C(C)(C)C)ccc1N(c1ccc2c(c1)N(c1ccc(C(C)(C)C)cc1-c1ccccc1)c1cc(C(C)(C)C)cc3c1B2c1cccc2c4sc5ccccc5c4n-3c12)c1ccc(C(C)(C)C)cc1C. The van der Waals surface area contributed by atoms with Gasteiger partial charge in [-0.2, -0.15) is 0 Å². The molecule has 0 fully saturated rings. The van der Waals surface area contributed by atoms with Crippen LogP contribution in [0.15, 0.2) is 158 Å². The lowest BCUT2D eigenvalue weighted by Gasteiger charge is -2.43. The maximum Gasteiger partial charge on any atom is 0.252 e. The van der Waals surface area contributed by atoms with Gasteiger partial charge in [-0.3, -0.25) is 0 Å². The van der Waals surface area contributed by atoms with Crippen molar-refractivity contribution in [1.29, 1.82) is 0 Å². The lowest BCUT2D eigenvalue weighted by Crippen LogP contribution is -2.60. The van der Waals surface area contributed by atoms with Crippen LogP contribution < -0.4 is 26.2 Å². The van der Waals surface area contributed by atoms with E-state index in [0.29, 0.717) is 0 Å². The summed E-state index contributed by atoms with van der Waals surface area (Å²) in [5, 5.41) is 2.65. The Morgan fingerprint density at radius 3 is 1.64 bits per heavy atom. The van der Waals surface area contributed by atoms with E-state index >= 15 is 0 Å². The van der Waals surface area contributed by atoms with Crippen molar-refractivity contribution >= 4 is 99.8 Å². The first-order valence-corrected chi connectivity index (χ1v) is 27.2. The van der Waals surface area contributed by atoms with Crippen LogP contribution in [0.1, 0.15) is 116 Å². The number of aryl methyl sites for hydroxylation is 2. The maximum absolute atomic E-state index is 2.67. The second kappa shape index (κ2) is 16.3. The number of fused-ring (bicyclic) bond motifs is 9. The zero-order valence-corrected chi connectivity index (χ0v) is 46.2. The van der Waals surface area contributed by atoms with E-state index in [4.69, 9.17) is 0 Å². The zero-order chi connectivity index (χ0) is 51.3. The van der Waals surface area contributed by atoms with E-state index in [2.05, 4.69) is 269 Å². The van der Waals surface area contributed by atoms with Crippen molar-refractivity contribution in [1.82, 2.24) is 4.57 Å². The van der Waals surface area contributed by atoms with Gasteiger partial charge in [-0.1, -0.05) is 186 Å². The van der Waals surface area contributed by atoms with Gasteiger partial charge in [-0.25, -0.2) is 0 Å². The molecule has 10 aromatic rings. The summed E-state index contributed by atoms with van der Waals surface area (Å²) >= 11 is 1.93. The first kappa shape index (κ1) is 47.2. The van der Waals surface area contributed by atoms with Gasteiger partial charge >= 0.3 is 0 Å². The summed E-state index contributed by atoms with van der Waals surface area (Å²) < 4.78 is 5.35. The predicted molar refractivity (Wildman–Crippen MR) is 320 cm³/mol. The van der Waals surface area contributed by atoms with Crippen LogP contribution in [0.5, 0.6) is 0 Å². The molecule has 2 aliphatic rings. The summed E-state index contributed by atoms with van der Waals surface area (Å²) in [6.45, 7) is 32.6. The summed E-state index contributed by atoms with van der Waals surface area (Å²) in [7, 11) is 0. The number of para-hydroxylation sites is 1. The molecule has 0 amide bonds. The summed E-state index contributed by atoms with van der Waals surface area (Å²) in [6.07, 6.45) is 0. The molecule has 364 valence electrons. The number of aromatic nitrogens is 1. The Bertz CT molecular complexity index is 3810. The van der Waals surface area contributed by atoms with Crippen LogP contribution in [0.25, 0.3) is 48.0 Å². The molecule has 0 unspecified atom stereocenters. The van der Waals surface area contributed by atoms with Gasteiger partial charge in [0.1, 0.15) is 0 Å². The van der Waals surface area contributed by atoms with Crippen LogP contribution in [-0.2, 0) is 21.7 Å². The number of anilines is 6. The van der Waals surface area contributed by atoms with E-state index in [1.807, 2.05) is 11.3 Å². The highest BCUT2D eigenvalue weighted by atomic mass is 32.1. The van der Waals surface area contributed by atoms with E-state index in [1.165, 1.54) is 126 Å². The van der Waals surface area contributed by atoms with Crippen LogP contribution in [0.3, 0.4) is 0 Å². The average Bonchev–Trinajstić information content (AvgIpc) is 3.88. The van der Waals surface area contributed by atoms with E-state index in [0.717, 1.165) is 5.69 Å². The third-order valence-corrected chi connectivity index (χ3v) is 17.2. The van der Waals surface area contributed by atoms with Crippen LogP contribution in [0.2, 0.25) is 0 Å². The lowest BCUT2D eigenvalue weighted by molar-refractivity contribution is 0.589. The Hall–Kier alpha value is -6.82. The zero-order valence-electron chi connectivity index (χ0n) is 45.3. The van der Waals surface area contributed by atoms with Gasteiger partial charge in [0.2, 0.25) is 0 Å². The highest BCUT2D eigenvalue weighted by molar-refractivity contribution is 7.26. The molecule has 0 spiro atoms. The number of rotatable bonds is 5. The van der Waals surface area contributed by atoms with E-state index in [1.54, 1.807) is 0 Å². The molecular weight excluding hydrogens is 902 g/mol. The fourth-order valence-corrected chi connectivity index (χ4v) is 13.1. The Kier molecular flexibility index (Phi) is 10.6. The molecule has 73 heavy (non-hydrogen) atoms. The van der Waals surface area contributed by atoms with Crippen molar-refractivity contribution in [2.45, 2.75) is 119 Å². The minimum atomic E-state index is -0.142.